The number of Topliss-reactive ketones (excluding diaryl/α,β-unsaturated/α-hetero) is 1. The number of ether oxygens (including phenoxy) is 2. The number of carbonyl (C=O) groups excluding carboxylic acids is 1. The maximum atomic E-state index is 11.8. The first-order valence-corrected chi connectivity index (χ1v) is 12.7. The van der Waals surface area contributed by atoms with Crippen molar-refractivity contribution < 1.29 is 14.3 Å². The highest BCUT2D eigenvalue weighted by atomic mass is 16.5. The van der Waals surface area contributed by atoms with Crippen LogP contribution in [0.25, 0.3) is 12.7 Å². The number of allylic oxidation sites excluding steroid dienone is 1. The lowest BCUT2D eigenvalue weighted by atomic mass is 9.91. The molecule has 3 nitrogen and oxygen atoms in total. The Kier molecular flexibility index (Phi) is 11.7. The van der Waals surface area contributed by atoms with Gasteiger partial charge in [-0.05, 0) is 72.0 Å². The van der Waals surface area contributed by atoms with Crippen molar-refractivity contribution in [3.63, 3.8) is 0 Å². The zero-order valence-electron chi connectivity index (χ0n) is 22.6. The molecule has 0 spiro atoms. The van der Waals surface area contributed by atoms with Crippen LogP contribution in [0.5, 0.6) is 11.5 Å². The Morgan fingerprint density at radius 1 is 0.944 bits per heavy atom. The first kappa shape index (κ1) is 28.6. The van der Waals surface area contributed by atoms with Crippen LogP contribution >= 0.6 is 0 Å². The molecule has 0 aliphatic rings. The zero-order chi connectivity index (χ0) is 26.5. The summed E-state index contributed by atoms with van der Waals surface area (Å²) in [4.78, 5) is 11.8. The van der Waals surface area contributed by atoms with Crippen LogP contribution in [0.15, 0.2) is 78.4 Å². The summed E-state index contributed by atoms with van der Waals surface area (Å²) in [5.74, 6) is 1.71. The largest absolute Gasteiger partial charge is 0.489 e. The fourth-order valence-electron chi connectivity index (χ4n) is 3.63. The molecule has 3 rings (SSSR count). The predicted molar refractivity (Wildman–Crippen MR) is 152 cm³/mol. The molecule has 0 bridgehead atoms. The fourth-order valence-corrected chi connectivity index (χ4v) is 3.63. The molecule has 0 fully saturated rings. The Hall–Kier alpha value is -3.59. The Bertz CT molecular complexity index is 1270. The minimum atomic E-state index is -0.00724. The summed E-state index contributed by atoms with van der Waals surface area (Å²) in [6.45, 7) is 16.8. The van der Waals surface area contributed by atoms with Gasteiger partial charge in [0, 0.05) is 12.0 Å². The van der Waals surface area contributed by atoms with Gasteiger partial charge in [-0.1, -0.05) is 88.0 Å². The van der Waals surface area contributed by atoms with Crippen molar-refractivity contribution in [1.82, 2.24) is 0 Å². The molecule has 3 aromatic rings. The summed E-state index contributed by atoms with van der Waals surface area (Å²) in [5.41, 5.74) is 4.60. The van der Waals surface area contributed by atoms with Gasteiger partial charge in [0.15, 0.2) is 0 Å². The summed E-state index contributed by atoms with van der Waals surface area (Å²) in [6, 6.07) is 22.0. The van der Waals surface area contributed by atoms with E-state index in [0.717, 1.165) is 39.5 Å². The van der Waals surface area contributed by atoms with Crippen molar-refractivity contribution in [1.29, 1.82) is 0 Å². The summed E-state index contributed by atoms with van der Waals surface area (Å²) in [7, 11) is 0. The average Bonchev–Trinajstić information content (AvgIpc) is 2.88. The Labute approximate surface area is 216 Å². The molecule has 0 aliphatic heterocycles. The standard InChI is InChI=1S/C31H34O3.C2H6/c1-22(16-17-27-12-7-6-10-23(27)2)20-33-29-14-9-15-30(19-29)34-21-28-13-8-11-24(3)31(28)18-25(4)26(5)32;1-2/h6-17,19,25H,2,18,20-21H2,1,3-5H3;1-2H3/b22-16+,27-17-;. The van der Waals surface area contributed by atoms with E-state index in [1.807, 2.05) is 82.3 Å². The van der Waals surface area contributed by atoms with Crippen LogP contribution in [0.3, 0.4) is 0 Å². The number of ketones is 1. The number of hydrogen-bond acceptors (Lipinski definition) is 3. The third-order valence-corrected chi connectivity index (χ3v) is 5.98. The maximum absolute atomic E-state index is 11.8. The Balaban J connectivity index is 0.00000222. The van der Waals surface area contributed by atoms with E-state index in [4.69, 9.17) is 9.47 Å². The number of aryl methyl sites for hydroxylation is 1. The number of carbonyl (C=O) groups is 1. The molecule has 0 saturated carbocycles. The van der Waals surface area contributed by atoms with Crippen LogP contribution in [0, 0.1) is 12.8 Å². The van der Waals surface area contributed by atoms with E-state index in [-0.39, 0.29) is 11.7 Å². The van der Waals surface area contributed by atoms with E-state index in [2.05, 4.69) is 37.8 Å². The van der Waals surface area contributed by atoms with Crippen molar-refractivity contribution in [2.45, 2.75) is 54.6 Å². The highest BCUT2D eigenvalue weighted by Gasteiger charge is 2.14. The normalized spacial score (nSPS) is 12.4. The zero-order valence-corrected chi connectivity index (χ0v) is 22.6. The van der Waals surface area contributed by atoms with Crippen molar-refractivity contribution in [2.24, 2.45) is 5.92 Å². The van der Waals surface area contributed by atoms with Gasteiger partial charge in [-0.15, -0.1) is 0 Å². The third kappa shape index (κ3) is 8.88. The summed E-state index contributed by atoms with van der Waals surface area (Å²) < 4.78 is 12.1. The van der Waals surface area contributed by atoms with Crippen molar-refractivity contribution in [3.8, 4) is 11.5 Å². The van der Waals surface area contributed by atoms with Gasteiger partial charge < -0.3 is 9.47 Å². The smallest absolute Gasteiger partial charge is 0.132 e. The minimum absolute atomic E-state index is 0.00724. The van der Waals surface area contributed by atoms with Crippen LogP contribution in [-0.4, -0.2) is 12.4 Å². The predicted octanol–water partition coefficient (Wildman–Crippen LogP) is 6.58. The molecule has 0 aliphatic carbocycles. The van der Waals surface area contributed by atoms with E-state index in [1.165, 1.54) is 11.1 Å². The second-order valence-electron chi connectivity index (χ2n) is 8.86. The lowest BCUT2D eigenvalue weighted by molar-refractivity contribution is -0.120. The lowest BCUT2D eigenvalue weighted by Crippen LogP contribution is -2.21. The first-order chi connectivity index (χ1) is 17.3. The third-order valence-electron chi connectivity index (χ3n) is 5.98. The van der Waals surface area contributed by atoms with Gasteiger partial charge in [-0.3, -0.25) is 4.79 Å². The van der Waals surface area contributed by atoms with Crippen LogP contribution in [-0.2, 0) is 17.8 Å². The minimum Gasteiger partial charge on any atom is -0.489 e. The van der Waals surface area contributed by atoms with Gasteiger partial charge >= 0.3 is 0 Å². The van der Waals surface area contributed by atoms with Gasteiger partial charge in [0.2, 0.25) is 0 Å². The number of rotatable bonds is 10. The Morgan fingerprint density at radius 3 is 2.31 bits per heavy atom. The molecule has 0 amide bonds. The molecule has 0 saturated heterocycles. The molecule has 0 radical (unpaired) electrons. The topological polar surface area (TPSA) is 35.5 Å². The SMILES string of the molecule is C=c1cccc/c1=C/C=C(\C)COc1cccc(OCc2cccc(C)c2CC(C)C(C)=O)c1.CC. The molecular formula is C33H40O3. The first-order valence-electron chi connectivity index (χ1n) is 12.7. The van der Waals surface area contributed by atoms with Gasteiger partial charge in [0.1, 0.15) is 30.5 Å². The quantitative estimate of drug-likeness (QED) is 0.326. The summed E-state index contributed by atoms with van der Waals surface area (Å²) in [6.07, 6.45) is 4.85. The van der Waals surface area contributed by atoms with Gasteiger partial charge in [0.05, 0.1) is 0 Å². The van der Waals surface area contributed by atoms with E-state index < -0.39 is 0 Å². The average molecular weight is 485 g/mol. The molecular weight excluding hydrogens is 444 g/mol. The summed E-state index contributed by atoms with van der Waals surface area (Å²) in [5, 5.41) is 2.11. The van der Waals surface area contributed by atoms with Crippen LogP contribution in [0.4, 0.5) is 0 Å². The molecule has 0 N–H and O–H groups in total. The molecule has 0 aromatic heterocycles. The molecule has 1 unspecified atom stereocenters. The molecule has 3 aromatic carbocycles. The Morgan fingerprint density at radius 2 is 1.61 bits per heavy atom. The van der Waals surface area contributed by atoms with E-state index >= 15 is 0 Å². The van der Waals surface area contributed by atoms with Crippen molar-refractivity contribution in [3.05, 3.63) is 106 Å². The monoisotopic (exact) mass is 484 g/mol. The second-order valence-corrected chi connectivity index (χ2v) is 8.86. The van der Waals surface area contributed by atoms with Gasteiger partial charge in [0.25, 0.3) is 0 Å². The van der Waals surface area contributed by atoms with Gasteiger partial charge in [-0.25, -0.2) is 0 Å². The molecule has 190 valence electrons. The van der Waals surface area contributed by atoms with E-state index in [0.29, 0.717) is 13.2 Å². The van der Waals surface area contributed by atoms with Gasteiger partial charge in [-0.2, -0.15) is 0 Å². The highest BCUT2D eigenvalue weighted by molar-refractivity contribution is 5.78. The van der Waals surface area contributed by atoms with Crippen LogP contribution < -0.4 is 19.9 Å². The van der Waals surface area contributed by atoms with Crippen LogP contribution in [0.1, 0.15) is 51.3 Å². The molecule has 1 atom stereocenters. The highest BCUT2D eigenvalue weighted by Crippen LogP contribution is 2.24. The molecule has 0 heterocycles. The van der Waals surface area contributed by atoms with Crippen molar-refractivity contribution >= 4 is 18.4 Å². The lowest BCUT2D eigenvalue weighted by Gasteiger charge is -2.16. The van der Waals surface area contributed by atoms with Crippen LogP contribution in [0.2, 0.25) is 0 Å². The van der Waals surface area contributed by atoms with E-state index in [9.17, 15) is 4.79 Å². The number of hydrogen-bond donors (Lipinski definition) is 0. The summed E-state index contributed by atoms with van der Waals surface area (Å²) >= 11 is 0. The van der Waals surface area contributed by atoms with E-state index in [1.54, 1.807) is 6.92 Å². The molecule has 3 heteroatoms. The fraction of sp³-hybridized carbons (Fsp3) is 0.303. The second kappa shape index (κ2) is 14.7. The van der Waals surface area contributed by atoms with Crippen molar-refractivity contribution in [2.75, 3.05) is 6.61 Å². The number of benzene rings is 3. The maximum Gasteiger partial charge on any atom is 0.132 e. The molecule has 36 heavy (non-hydrogen) atoms.